The molecule has 1 fully saturated rings. The summed E-state index contributed by atoms with van der Waals surface area (Å²) in [6.45, 7) is 4.68. The fourth-order valence-corrected chi connectivity index (χ4v) is 2.35. The van der Waals surface area contributed by atoms with Crippen LogP contribution in [0.1, 0.15) is 31.7 Å². The van der Waals surface area contributed by atoms with E-state index in [-0.39, 0.29) is 0 Å². The zero-order valence-electron chi connectivity index (χ0n) is 10.2. The average Bonchev–Trinajstić information content (AvgIpc) is 2.31. The molecule has 1 unspecified atom stereocenters. The highest BCUT2D eigenvalue weighted by Gasteiger charge is 2.12. The third-order valence-corrected chi connectivity index (χ3v) is 3.14. The third-order valence-electron chi connectivity index (χ3n) is 3.14. The van der Waals surface area contributed by atoms with Crippen molar-refractivity contribution in [1.29, 1.82) is 0 Å². The van der Waals surface area contributed by atoms with Crippen molar-refractivity contribution >= 4 is 0 Å². The van der Waals surface area contributed by atoms with E-state index in [0.717, 1.165) is 6.42 Å². The number of nitrogens with one attached hydrogen (secondary N) is 1. The predicted molar refractivity (Wildman–Crippen MR) is 68.2 cm³/mol. The van der Waals surface area contributed by atoms with Crippen molar-refractivity contribution in [3.8, 4) is 0 Å². The lowest BCUT2D eigenvalue weighted by Gasteiger charge is -2.30. The number of hydrogen-bond acceptors (Lipinski definition) is 2. The molecule has 1 atom stereocenters. The van der Waals surface area contributed by atoms with Crippen LogP contribution in [0.15, 0.2) is 30.3 Å². The molecule has 2 nitrogen and oxygen atoms in total. The van der Waals surface area contributed by atoms with Gasteiger partial charge < -0.3 is 0 Å². The number of benzene rings is 1. The lowest BCUT2D eigenvalue weighted by Crippen LogP contribution is -2.46. The maximum absolute atomic E-state index is 3.60. The van der Waals surface area contributed by atoms with Gasteiger partial charge in [-0.2, -0.15) is 0 Å². The predicted octanol–water partition coefficient (Wildman–Crippen LogP) is 2.61. The Morgan fingerprint density at radius 1 is 1.12 bits per heavy atom. The van der Waals surface area contributed by atoms with E-state index in [1.54, 1.807) is 0 Å². The summed E-state index contributed by atoms with van der Waals surface area (Å²) in [5.74, 6) is 0. The molecule has 2 heteroatoms. The first-order chi connectivity index (χ1) is 7.84. The Morgan fingerprint density at radius 3 is 2.50 bits per heavy atom. The molecular weight excluding hydrogens is 196 g/mol. The second-order valence-electron chi connectivity index (χ2n) is 4.77. The van der Waals surface area contributed by atoms with Crippen LogP contribution in [0.5, 0.6) is 0 Å². The molecule has 1 aromatic carbocycles. The minimum absolute atomic E-state index is 0.528. The zero-order chi connectivity index (χ0) is 11.2. The van der Waals surface area contributed by atoms with Gasteiger partial charge in [0.25, 0.3) is 0 Å². The molecule has 0 radical (unpaired) electrons. The molecule has 0 bridgehead atoms. The van der Waals surface area contributed by atoms with Gasteiger partial charge in [0.15, 0.2) is 0 Å². The van der Waals surface area contributed by atoms with Crippen LogP contribution in [-0.2, 0) is 6.42 Å². The van der Waals surface area contributed by atoms with Crippen LogP contribution in [0.3, 0.4) is 0 Å². The van der Waals surface area contributed by atoms with Gasteiger partial charge in [0.2, 0.25) is 0 Å². The van der Waals surface area contributed by atoms with Gasteiger partial charge in [0.1, 0.15) is 0 Å². The van der Waals surface area contributed by atoms with Crippen molar-refractivity contribution in [2.45, 2.75) is 38.6 Å². The molecule has 0 spiro atoms. The van der Waals surface area contributed by atoms with Gasteiger partial charge in [-0.25, -0.2) is 5.01 Å². The first-order valence-electron chi connectivity index (χ1n) is 6.39. The van der Waals surface area contributed by atoms with Crippen LogP contribution >= 0.6 is 0 Å². The van der Waals surface area contributed by atoms with Crippen molar-refractivity contribution < 1.29 is 0 Å². The van der Waals surface area contributed by atoms with Crippen molar-refractivity contribution in [1.82, 2.24) is 10.4 Å². The molecule has 0 aromatic heterocycles. The van der Waals surface area contributed by atoms with Crippen molar-refractivity contribution in [3.63, 3.8) is 0 Å². The summed E-state index contributed by atoms with van der Waals surface area (Å²) in [6, 6.07) is 11.2. The second-order valence-corrected chi connectivity index (χ2v) is 4.77. The molecule has 1 aromatic rings. The Balaban J connectivity index is 1.77. The Kier molecular flexibility index (Phi) is 4.37. The van der Waals surface area contributed by atoms with Gasteiger partial charge >= 0.3 is 0 Å². The zero-order valence-corrected chi connectivity index (χ0v) is 10.2. The van der Waals surface area contributed by atoms with E-state index in [1.807, 2.05) is 0 Å². The summed E-state index contributed by atoms with van der Waals surface area (Å²) < 4.78 is 0. The van der Waals surface area contributed by atoms with Crippen molar-refractivity contribution in [2.75, 3.05) is 13.1 Å². The Morgan fingerprint density at radius 2 is 1.81 bits per heavy atom. The summed E-state index contributed by atoms with van der Waals surface area (Å²) in [6.07, 6.45) is 5.18. The smallest absolute Gasteiger partial charge is 0.0227 e. The minimum atomic E-state index is 0.528. The third kappa shape index (κ3) is 3.62. The van der Waals surface area contributed by atoms with Gasteiger partial charge in [-0.1, -0.05) is 36.8 Å². The lowest BCUT2D eigenvalue weighted by atomic mass is 10.1. The molecule has 0 amide bonds. The van der Waals surface area contributed by atoms with Crippen LogP contribution in [0.2, 0.25) is 0 Å². The molecule has 88 valence electrons. The van der Waals surface area contributed by atoms with E-state index in [9.17, 15) is 0 Å². The topological polar surface area (TPSA) is 15.3 Å². The van der Waals surface area contributed by atoms with E-state index in [1.165, 1.54) is 37.9 Å². The first-order valence-corrected chi connectivity index (χ1v) is 6.39. The van der Waals surface area contributed by atoms with Crippen LogP contribution in [-0.4, -0.2) is 24.1 Å². The second kappa shape index (κ2) is 6.02. The maximum atomic E-state index is 3.60. The van der Waals surface area contributed by atoms with E-state index in [0.29, 0.717) is 6.04 Å². The first kappa shape index (κ1) is 11.6. The van der Waals surface area contributed by atoms with Crippen LogP contribution in [0.25, 0.3) is 0 Å². The number of rotatable bonds is 4. The van der Waals surface area contributed by atoms with Crippen LogP contribution in [0, 0.1) is 0 Å². The minimum Gasteiger partial charge on any atom is -0.252 e. The molecule has 1 saturated heterocycles. The van der Waals surface area contributed by atoms with E-state index in [2.05, 4.69) is 47.7 Å². The largest absolute Gasteiger partial charge is 0.252 e. The molecule has 16 heavy (non-hydrogen) atoms. The van der Waals surface area contributed by atoms with Crippen molar-refractivity contribution in [3.05, 3.63) is 35.9 Å². The highest BCUT2D eigenvalue weighted by molar-refractivity contribution is 5.15. The average molecular weight is 218 g/mol. The number of hydrazine groups is 1. The summed E-state index contributed by atoms with van der Waals surface area (Å²) >= 11 is 0. The molecule has 0 aliphatic carbocycles. The standard InChI is InChI=1S/C14H22N2/c1-13(12-14-8-4-2-5-9-14)15-16-10-6-3-7-11-16/h2,4-5,8-9,13,15H,3,6-7,10-12H2,1H3. The van der Waals surface area contributed by atoms with Gasteiger partial charge in [0, 0.05) is 19.1 Å². The molecule has 0 saturated carbocycles. The number of piperidine rings is 1. The van der Waals surface area contributed by atoms with Gasteiger partial charge in [-0.05, 0) is 31.7 Å². The van der Waals surface area contributed by atoms with Gasteiger partial charge in [0.05, 0.1) is 0 Å². The molecular formula is C14H22N2. The normalized spacial score (nSPS) is 19.6. The van der Waals surface area contributed by atoms with Gasteiger partial charge in [-0.3, -0.25) is 5.43 Å². The quantitative estimate of drug-likeness (QED) is 0.835. The lowest BCUT2D eigenvalue weighted by molar-refractivity contribution is 0.132. The van der Waals surface area contributed by atoms with Crippen LogP contribution in [0.4, 0.5) is 0 Å². The van der Waals surface area contributed by atoms with Crippen LogP contribution < -0.4 is 5.43 Å². The highest BCUT2D eigenvalue weighted by atomic mass is 15.5. The van der Waals surface area contributed by atoms with E-state index >= 15 is 0 Å². The summed E-state index contributed by atoms with van der Waals surface area (Å²) in [4.78, 5) is 0. The highest BCUT2D eigenvalue weighted by Crippen LogP contribution is 2.08. The Hall–Kier alpha value is -0.860. The molecule has 1 N–H and O–H groups in total. The fraction of sp³-hybridized carbons (Fsp3) is 0.571. The maximum Gasteiger partial charge on any atom is 0.0227 e. The molecule has 1 aliphatic heterocycles. The van der Waals surface area contributed by atoms with Crippen molar-refractivity contribution in [2.24, 2.45) is 0 Å². The summed E-state index contributed by atoms with van der Waals surface area (Å²) in [7, 11) is 0. The monoisotopic (exact) mass is 218 g/mol. The molecule has 2 rings (SSSR count). The Labute approximate surface area is 98.6 Å². The van der Waals surface area contributed by atoms with Gasteiger partial charge in [-0.15, -0.1) is 0 Å². The van der Waals surface area contributed by atoms with E-state index < -0.39 is 0 Å². The SMILES string of the molecule is CC(Cc1ccccc1)NN1CCCCC1. The molecule has 1 aliphatic rings. The van der Waals surface area contributed by atoms with E-state index in [4.69, 9.17) is 0 Å². The summed E-state index contributed by atoms with van der Waals surface area (Å²) in [5.41, 5.74) is 5.02. The summed E-state index contributed by atoms with van der Waals surface area (Å²) in [5, 5.41) is 2.39. The Bertz CT molecular complexity index is 291. The fourth-order valence-electron chi connectivity index (χ4n) is 2.35. The molecule has 1 heterocycles. The number of hydrogen-bond donors (Lipinski definition) is 1. The number of nitrogens with zero attached hydrogens (tertiary/aromatic N) is 1.